The van der Waals surface area contributed by atoms with Gasteiger partial charge in [-0.1, -0.05) is 24.3 Å². The lowest BCUT2D eigenvalue weighted by atomic mass is 9.95. The van der Waals surface area contributed by atoms with E-state index in [9.17, 15) is 20.1 Å². The maximum absolute atomic E-state index is 12.6. The van der Waals surface area contributed by atoms with E-state index in [2.05, 4.69) is 13.2 Å². The SMILES string of the molecule is C=CCN(CC=C)CC(O)COc1cc(O)c2c(c1)OC(c1ccc(O)cc1)CC2=O. The fourth-order valence-corrected chi connectivity index (χ4v) is 3.50. The highest BCUT2D eigenvalue weighted by molar-refractivity contribution is 6.02. The second kappa shape index (κ2) is 10.1. The molecule has 0 radical (unpaired) electrons. The van der Waals surface area contributed by atoms with E-state index >= 15 is 0 Å². The van der Waals surface area contributed by atoms with Gasteiger partial charge in [-0.25, -0.2) is 0 Å². The van der Waals surface area contributed by atoms with Gasteiger partial charge in [-0.2, -0.15) is 0 Å². The van der Waals surface area contributed by atoms with E-state index in [0.29, 0.717) is 19.6 Å². The average molecular weight is 425 g/mol. The Bertz CT molecular complexity index is 930. The predicted molar refractivity (Wildman–Crippen MR) is 117 cm³/mol. The van der Waals surface area contributed by atoms with Crippen LogP contribution in [-0.2, 0) is 0 Å². The van der Waals surface area contributed by atoms with Crippen LogP contribution in [-0.4, -0.2) is 58.3 Å². The molecule has 7 nitrogen and oxygen atoms in total. The first-order valence-corrected chi connectivity index (χ1v) is 10.0. The second-order valence-corrected chi connectivity index (χ2v) is 7.40. The minimum Gasteiger partial charge on any atom is -0.508 e. The third kappa shape index (κ3) is 5.65. The number of nitrogens with zero attached hydrogens (tertiary/aromatic N) is 1. The number of hydrogen-bond donors (Lipinski definition) is 3. The molecule has 3 N–H and O–H groups in total. The summed E-state index contributed by atoms with van der Waals surface area (Å²) in [6.07, 6.45) is 2.26. The van der Waals surface area contributed by atoms with Crippen LogP contribution in [0.1, 0.15) is 28.4 Å². The van der Waals surface area contributed by atoms with Crippen LogP contribution in [0.3, 0.4) is 0 Å². The molecule has 1 aliphatic rings. The van der Waals surface area contributed by atoms with Crippen LogP contribution in [0.4, 0.5) is 0 Å². The zero-order valence-electron chi connectivity index (χ0n) is 17.2. The van der Waals surface area contributed by atoms with E-state index in [1.165, 1.54) is 24.3 Å². The van der Waals surface area contributed by atoms with Crippen LogP contribution in [0.15, 0.2) is 61.7 Å². The summed E-state index contributed by atoms with van der Waals surface area (Å²) in [6, 6.07) is 9.31. The van der Waals surface area contributed by atoms with Crippen molar-refractivity contribution in [2.24, 2.45) is 0 Å². The summed E-state index contributed by atoms with van der Waals surface area (Å²) < 4.78 is 11.6. The molecule has 2 aromatic carbocycles. The number of ether oxygens (including phenoxy) is 2. The summed E-state index contributed by atoms with van der Waals surface area (Å²) in [5.74, 6) is 0.161. The molecule has 0 fully saturated rings. The number of ketones is 1. The number of phenolic OH excluding ortho intramolecular Hbond substituents is 2. The Kier molecular flexibility index (Phi) is 7.33. The first kappa shape index (κ1) is 22.4. The van der Waals surface area contributed by atoms with Crippen LogP contribution >= 0.6 is 0 Å². The summed E-state index contributed by atoms with van der Waals surface area (Å²) in [5.41, 5.74) is 0.855. The van der Waals surface area contributed by atoms with Gasteiger partial charge in [0.25, 0.3) is 0 Å². The normalized spacial score (nSPS) is 16.3. The number of aliphatic hydroxyl groups excluding tert-OH is 1. The van der Waals surface area contributed by atoms with Gasteiger partial charge in [0.15, 0.2) is 5.78 Å². The molecule has 2 atom stereocenters. The van der Waals surface area contributed by atoms with E-state index in [0.717, 1.165) is 5.56 Å². The largest absolute Gasteiger partial charge is 0.508 e. The molecule has 0 amide bonds. The van der Waals surface area contributed by atoms with E-state index in [1.807, 2.05) is 4.90 Å². The van der Waals surface area contributed by atoms with Crippen LogP contribution in [0.25, 0.3) is 0 Å². The van der Waals surface area contributed by atoms with Crippen molar-refractivity contribution in [1.29, 1.82) is 0 Å². The molecule has 0 saturated heterocycles. The predicted octanol–water partition coefficient (Wildman–Crippen LogP) is 3.22. The number of rotatable bonds is 10. The molecule has 1 heterocycles. The fraction of sp³-hybridized carbons (Fsp3) is 0.292. The first-order valence-electron chi connectivity index (χ1n) is 10.0. The van der Waals surface area contributed by atoms with Crippen LogP contribution in [0, 0.1) is 0 Å². The quantitative estimate of drug-likeness (QED) is 0.503. The van der Waals surface area contributed by atoms with Gasteiger partial charge < -0.3 is 24.8 Å². The Labute approximate surface area is 181 Å². The lowest BCUT2D eigenvalue weighted by Gasteiger charge is -2.27. The number of benzene rings is 2. The third-order valence-electron chi connectivity index (χ3n) is 4.92. The standard InChI is InChI=1S/C24H27NO6/c1-3-9-25(10-4-2)14-18(27)15-30-19-11-20(28)24-21(29)13-22(31-23(24)12-19)16-5-7-17(26)8-6-16/h3-8,11-12,18,22,26-28H,1-2,9-10,13-15H2. The molecule has 31 heavy (non-hydrogen) atoms. The molecule has 0 aromatic heterocycles. The van der Waals surface area contributed by atoms with E-state index in [1.54, 1.807) is 24.3 Å². The van der Waals surface area contributed by atoms with Crippen LogP contribution in [0.5, 0.6) is 23.0 Å². The van der Waals surface area contributed by atoms with Crippen molar-refractivity contribution in [3.63, 3.8) is 0 Å². The average Bonchev–Trinajstić information content (AvgIpc) is 2.72. The number of hydrogen-bond acceptors (Lipinski definition) is 7. The fourth-order valence-electron chi connectivity index (χ4n) is 3.50. The minimum absolute atomic E-state index is 0.00164. The van der Waals surface area contributed by atoms with Crippen molar-refractivity contribution in [2.75, 3.05) is 26.2 Å². The van der Waals surface area contributed by atoms with Crippen molar-refractivity contribution in [3.8, 4) is 23.0 Å². The Morgan fingerprint density at radius 1 is 1.16 bits per heavy atom. The molecule has 0 aliphatic carbocycles. The van der Waals surface area contributed by atoms with Crippen molar-refractivity contribution < 1.29 is 29.6 Å². The van der Waals surface area contributed by atoms with Gasteiger partial charge >= 0.3 is 0 Å². The molecular formula is C24H27NO6. The molecule has 1 aliphatic heterocycles. The summed E-state index contributed by atoms with van der Waals surface area (Å²) in [4.78, 5) is 14.5. The molecule has 2 unspecified atom stereocenters. The maximum atomic E-state index is 12.6. The maximum Gasteiger partial charge on any atom is 0.174 e. The summed E-state index contributed by atoms with van der Waals surface area (Å²) in [5, 5.41) is 30.1. The zero-order chi connectivity index (χ0) is 22.4. The van der Waals surface area contributed by atoms with Crippen molar-refractivity contribution in [2.45, 2.75) is 18.6 Å². The van der Waals surface area contributed by atoms with E-state index in [4.69, 9.17) is 9.47 Å². The topological polar surface area (TPSA) is 99.5 Å². The molecule has 0 spiro atoms. The Hall–Kier alpha value is -3.29. The number of aliphatic hydroxyl groups is 1. The van der Waals surface area contributed by atoms with Gasteiger partial charge in [0.1, 0.15) is 47.4 Å². The number of carbonyl (C=O) groups is 1. The minimum atomic E-state index is -0.773. The Morgan fingerprint density at radius 3 is 2.48 bits per heavy atom. The zero-order valence-corrected chi connectivity index (χ0v) is 17.2. The number of Topliss-reactive ketones (excluding diaryl/α,β-unsaturated/α-hetero) is 1. The second-order valence-electron chi connectivity index (χ2n) is 7.40. The number of carbonyl (C=O) groups excluding carboxylic acids is 1. The highest BCUT2D eigenvalue weighted by atomic mass is 16.5. The van der Waals surface area contributed by atoms with Gasteiger partial charge in [0, 0.05) is 31.8 Å². The molecule has 0 saturated carbocycles. The summed E-state index contributed by atoms with van der Waals surface area (Å²) in [7, 11) is 0. The molecule has 7 heteroatoms. The highest BCUT2D eigenvalue weighted by Gasteiger charge is 2.31. The van der Waals surface area contributed by atoms with Gasteiger partial charge in [-0.05, 0) is 17.7 Å². The molecule has 3 rings (SSSR count). The van der Waals surface area contributed by atoms with E-state index in [-0.39, 0.29) is 47.4 Å². The third-order valence-corrected chi connectivity index (χ3v) is 4.92. The summed E-state index contributed by atoms with van der Waals surface area (Å²) in [6.45, 7) is 8.99. The van der Waals surface area contributed by atoms with Gasteiger partial charge in [0.05, 0.1) is 6.42 Å². The van der Waals surface area contributed by atoms with Crippen LogP contribution in [0.2, 0.25) is 0 Å². The smallest absolute Gasteiger partial charge is 0.174 e. The molecular weight excluding hydrogens is 398 g/mol. The van der Waals surface area contributed by atoms with E-state index < -0.39 is 12.2 Å². The monoisotopic (exact) mass is 425 g/mol. The van der Waals surface area contributed by atoms with Crippen LogP contribution < -0.4 is 9.47 Å². The molecule has 164 valence electrons. The highest BCUT2D eigenvalue weighted by Crippen LogP contribution is 2.42. The van der Waals surface area contributed by atoms with Gasteiger partial charge in [0.2, 0.25) is 0 Å². The van der Waals surface area contributed by atoms with Gasteiger partial charge in [-0.3, -0.25) is 9.69 Å². The Balaban J connectivity index is 1.70. The number of fused-ring (bicyclic) bond motifs is 1. The molecule has 0 bridgehead atoms. The Morgan fingerprint density at radius 2 is 1.84 bits per heavy atom. The first-order chi connectivity index (χ1) is 14.9. The number of phenols is 2. The van der Waals surface area contributed by atoms with Crippen molar-refractivity contribution in [3.05, 3.63) is 72.8 Å². The van der Waals surface area contributed by atoms with Crippen molar-refractivity contribution in [1.82, 2.24) is 4.90 Å². The van der Waals surface area contributed by atoms with Crippen molar-refractivity contribution >= 4 is 5.78 Å². The summed E-state index contributed by atoms with van der Waals surface area (Å²) >= 11 is 0. The lowest BCUT2D eigenvalue weighted by molar-refractivity contribution is 0.0743. The number of aromatic hydroxyl groups is 2. The lowest BCUT2D eigenvalue weighted by Crippen LogP contribution is -2.35. The van der Waals surface area contributed by atoms with Gasteiger partial charge in [-0.15, -0.1) is 13.2 Å². The molecule has 2 aromatic rings.